The van der Waals surface area contributed by atoms with Gasteiger partial charge in [-0.3, -0.25) is 9.59 Å². The molecular weight excluding hydrogens is 768 g/mol. The van der Waals surface area contributed by atoms with Gasteiger partial charge in [-0.1, -0.05) is 12.1 Å². The minimum absolute atomic E-state index is 0. The molecule has 13 heteroatoms. The van der Waals surface area contributed by atoms with Gasteiger partial charge in [0.15, 0.2) is 0 Å². The number of nitrogens with one attached hydrogen (secondary N) is 1. The number of hydrogen-bond donors (Lipinski definition) is 3. The van der Waals surface area contributed by atoms with E-state index in [1.54, 1.807) is 18.3 Å². The summed E-state index contributed by atoms with van der Waals surface area (Å²) in [5.41, 5.74) is 11.4. The van der Waals surface area contributed by atoms with Crippen LogP contribution in [0.5, 0.6) is 0 Å². The normalized spacial score (nSPS) is 18.1. The fraction of sp³-hybridized carbons (Fsp3) is 0.500. The first-order valence-corrected chi connectivity index (χ1v) is 13.2. The fourth-order valence-electron chi connectivity index (χ4n) is 4.17. The molecule has 0 saturated carbocycles. The second-order valence-electron chi connectivity index (χ2n) is 9.28. The summed E-state index contributed by atoms with van der Waals surface area (Å²) in [7, 11) is 2.12. The molecule has 3 amide bonds. The number of nitrogens with zero attached hydrogens (tertiary/aromatic N) is 3. The summed E-state index contributed by atoms with van der Waals surface area (Å²) in [5, 5.41) is 3.31. The Morgan fingerprint density at radius 3 is 2.56 bits per heavy atom. The molecule has 39 heavy (non-hydrogen) atoms. The molecular formula is C26H36FFmN6O4S-. The van der Waals surface area contributed by atoms with E-state index >= 15 is 0 Å². The smallest absolute Gasteiger partial charge is 0.217 e. The van der Waals surface area contributed by atoms with Gasteiger partial charge in [0.1, 0.15) is 17.1 Å². The van der Waals surface area contributed by atoms with E-state index in [1.165, 1.54) is 41.2 Å². The first-order chi connectivity index (χ1) is 18.2. The van der Waals surface area contributed by atoms with Crippen LogP contribution in [0.2, 0.25) is 0 Å². The Kier molecular flexibility index (Phi) is 14.0. The van der Waals surface area contributed by atoms with E-state index in [0.717, 1.165) is 16.9 Å². The van der Waals surface area contributed by atoms with E-state index < -0.39 is 11.9 Å². The molecule has 4 unspecified atom stereocenters. The van der Waals surface area contributed by atoms with Crippen LogP contribution in [0.1, 0.15) is 50.1 Å². The Morgan fingerprint density at radius 2 is 2.03 bits per heavy atom. The molecule has 1 aliphatic heterocycles. The average Bonchev–Trinajstić information content (AvgIpc) is 3.52. The van der Waals surface area contributed by atoms with E-state index in [9.17, 15) is 23.6 Å². The van der Waals surface area contributed by atoms with Crippen molar-refractivity contribution in [2.75, 3.05) is 20.1 Å². The van der Waals surface area contributed by atoms with Gasteiger partial charge in [0, 0.05) is 31.2 Å². The molecule has 3 rings (SSSR count). The third-order valence-electron chi connectivity index (χ3n) is 6.56. The van der Waals surface area contributed by atoms with E-state index in [-0.39, 0.29) is 24.8 Å². The number of carbonyl (C=O) groups is 3. The zero-order chi connectivity index (χ0) is 28.1. The van der Waals surface area contributed by atoms with Crippen molar-refractivity contribution in [2.45, 2.75) is 63.2 Å². The van der Waals surface area contributed by atoms with Crippen molar-refractivity contribution in [3.63, 3.8) is 0 Å². The number of aldehydes is 1. The third-order valence-corrected chi connectivity index (χ3v) is 7.72. The first kappa shape index (κ1) is 32.8. The number of benzene rings is 1. The minimum Gasteiger partial charge on any atom is -0.520 e. The van der Waals surface area contributed by atoms with E-state index in [0.29, 0.717) is 42.8 Å². The maximum absolute atomic E-state index is 12.9. The largest absolute Gasteiger partial charge is 0.520 e. The van der Waals surface area contributed by atoms with Crippen molar-refractivity contribution in [3.8, 4) is 10.4 Å². The van der Waals surface area contributed by atoms with Gasteiger partial charge in [-0.25, -0.2) is 9.37 Å². The molecule has 2 heterocycles. The summed E-state index contributed by atoms with van der Waals surface area (Å²) >= 11 is 1.38. The number of nitrogens with two attached hydrogens (primary N) is 2. The molecule has 1 saturated heterocycles. The van der Waals surface area contributed by atoms with Crippen molar-refractivity contribution in [1.82, 2.24) is 20.1 Å². The van der Waals surface area contributed by atoms with Gasteiger partial charge in [-0.05, 0) is 63.9 Å². The van der Waals surface area contributed by atoms with Gasteiger partial charge in [0.25, 0.3) is 0 Å². The summed E-state index contributed by atoms with van der Waals surface area (Å²) in [6.07, 6.45) is 8.60. The summed E-state index contributed by atoms with van der Waals surface area (Å²) < 4.78 is 12.9. The molecule has 4 atom stereocenters. The first-order valence-electron chi connectivity index (χ1n) is 12.4. The maximum atomic E-state index is 12.9. The van der Waals surface area contributed by atoms with Crippen LogP contribution in [0.25, 0.3) is 10.4 Å². The molecule has 1 aliphatic rings. The minimum atomic E-state index is -0.600. The summed E-state index contributed by atoms with van der Waals surface area (Å²) in [6, 6.07) is 6.27. The number of carbonyl (C=O) groups excluding carboxylic acids is 4. The van der Waals surface area contributed by atoms with Crippen molar-refractivity contribution >= 4 is 36.4 Å². The molecule has 2 aromatic rings. The van der Waals surface area contributed by atoms with E-state index in [2.05, 4.69) is 29.2 Å². The van der Waals surface area contributed by atoms with Crippen LogP contribution in [0.3, 0.4) is 0 Å². The maximum Gasteiger partial charge on any atom is 0.217 e. The van der Waals surface area contributed by atoms with Crippen LogP contribution in [0, 0.1) is 5.82 Å². The monoisotopic (exact) mass is 804 g/mol. The Balaban J connectivity index is 0.000000389. The third kappa shape index (κ3) is 10.6. The van der Waals surface area contributed by atoms with Crippen LogP contribution in [0.4, 0.5) is 4.39 Å². The molecule has 0 bridgehead atoms. The zero-order valence-corrected chi connectivity index (χ0v) is 25.2. The van der Waals surface area contributed by atoms with Crippen molar-refractivity contribution in [1.29, 1.82) is 0 Å². The quantitative estimate of drug-likeness (QED) is 0.150. The van der Waals surface area contributed by atoms with Crippen molar-refractivity contribution in [2.24, 2.45) is 11.5 Å². The number of amides is 3. The summed E-state index contributed by atoms with van der Waals surface area (Å²) in [6.45, 7) is 3.09. The molecule has 0 aliphatic carbocycles. The van der Waals surface area contributed by atoms with Gasteiger partial charge < -0.3 is 36.2 Å². The average molecular weight is 805 g/mol. The number of halogens is 1. The van der Waals surface area contributed by atoms with Gasteiger partial charge in [0.2, 0.25) is 12.3 Å². The SMILES string of the molecule is CC1CCC(CCN([C-]=O)CC(N)C=O)N1C.NC(=O)CCC(NC=O)c1ncc(-c2ccc(F)cc2)s1.[Fm]. The fourth-order valence-corrected chi connectivity index (χ4v) is 5.19. The molecule has 0 radical (unpaired) electrons. The number of rotatable bonds is 14. The Bertz CT molecular complexity index is 1040. The Labute approximate surface area is 226 Å². The summed E-state index contributed by atoms with van der Waals surface area (Å²) in [5.74, 6) is -0.728. The molecule has 1 aromatic heterocycles. The van der Waals surface area contributed by atoms with Gasteiger partial charge in [0.05, 0.1) is 17.0 Å². The van der Waals surface area contributed by atoms with Gasteiger partial charge >= 0.3 is 0 Å². The van der Waals surface area contributed by atoms with Gasteiger partial charge in [-0.15, -0.1) is 11.3 Å². The number of hydrogen-bond acceptors (Lipinski definition) is 8. The zero-order valence-electron chi connectivity index (χ0n) is 22.0. The summed E-state index contributed by atoms with van der Waals surface area (Å²) in [4.78, 5) is 51.6. The predicted molar refractivity (Wildman–Crippen MR) is 144 cm³/mol. The Morgan fingerprint density at radius 1 is 1.33 bits per heavy atom. The topological polar surface area (TPSA) is 152 Å². The second kappa shape index (κ2) is 16.6. The number of likely N-dealkylation sites (tertiary alicyclic amines) is 1. The molecule has 1 aromatic carbocycles. The molecule has 220 valence electrons. The van der Waals surface area contributed by atoms with E-state index in [1.807, 2.05) is 6.41 Å². The van der Waals surface area contributed by atoms with Crippen LogP contribution < -0.4 is 16.8 Å². The van der Waals surface area contributed by atoms with Crippen LogP contribution in [0.15, 0.2) is 30.5 Å². The standard InChI is InChI=1S/C14H14FN3O2S.C12H22N3O2.Fm/c15-10-3-1-9(2-4-10)12-7-17-14(21-12)11(18-8-19)5-6-13(16)20;1-10-3-4-12(14(10)2)5-6-15(9-17)7-11(13)8-16;/h1-4,7-8,11H,5-6H2,(H2,16,20)(H,18,19);8,10-12H,3-7,13H2,1-2H3;/q;-1;. The van der Waals surface area contributed by atoms with Crippen molar-refractivity contribution < 1.29 is 23.6 Å². The predicted octanol–water partition coefficient (Wildman–Crippen LogP) is 1.76. The van der Waals surface area contributed by atoms with Crippen LogP contribution in [-0.4, -0.2) is 78.1 Å². The van der Waals surface area contributed by atoms with E-state index in [4.69, 9.17) is 11.5 Å². The number of aromatic nitrogens is 1. The van der Waals surface area contributed by atoms with Crippen molar-refractivity contribution in [3.05, 3.63) is 41.3 Å². The van der Waals surface area contributed by atoms with Gasteiger partial charge in [-0.2, -0.15) is 6.41 Å². The molecule has 1 fully saturated rings. The molecule has 5 N–H and O–H groups in total. The van der Waals surface area contributed by atoms with Crippen LogP contribution >= 0.6 is 11.3 Å². The second-order valence-corrected chi connectivity index (χ2v) is 10.3. The number of thiazole rings is 1. The molecule has 10 nitrogen and oxygen atoms in total. The van der Waals surface area contributed by atoms with Crippen LogP contribution in [-0.2, 0) is 19.2 Å². The Hall–Kier alpha value is -4.22. The number of primary amides is 1. The molecule has 0 spiro atoms.